The van der Waals surface area contributed by atoms with Crippen molar-refractivity contribution in [2.24, 2.45) is 0 Å². The van der Waals surface area contributed by atoms with E-state index in [2.05, 4.69) is 509 Å². The van der Waals surface area contributed by atoms with Crippen molar-refractivity contribution >= 4 is 321 Å². The molecule has 24 aromatic rings. The zero-order valence-corrected chi connectivity index (χ0v) is 98.8. The number of hydrogen-bond donors (Lipinski definition) is 0. The summed E-state index contributed by atoms with van der Waals surface area (Å²) in [6, 6.07) is 101. The molecule has 0 bridgehead atoms. The van der Waals surface area contributed by atoms with E-state index in [1.807, 2.05) is 0 Å². The van der Waals surface area contributed by atoms with Gasteiger partial charge >= 0.3 is 0 Å². The first-order chi connectivity index (χ1) is 69.5. The van der Waals surface area contributed by atoms with E-state index in [4.69, 9.17) is 0 Å². The summed E-state index contributed by atoms with van der Waals surface area (Å²) < 4.78 is 11.9. The maximum Gasteiger partial charge on any atom is 0.0260 e. The van der Waals surface area contributed by atoms with Crippen molar-refractivity contribution in [1.29, 1.82) is 0 Å². The van der Waals surface area contributed by atoms with Crippen LogP contribution in [0.1, 0.15) is 224 Å². The summed E-state index contributed by atoms with van der Waals surface area (Å²) in [7, 11) is 0. The van der Waals surface area contributed by atoms with Gasteiger partial charge in [-0.05, 0) is 422 Å². The molecule has 0 amide bonds. The molecule has 2 fully saturated rings. The average Bonchev–Trinajstić information content (AvgIpc) is 1.11. The summed E-state index contributed by atoms with van der Waals surface area (Å²) in [6.45, 7) is 27.3. The molecular weight excluding hydrogens is 2410 g/mol. The Bertz CT molecular complexity index is 8790. The summed E-state index contributed by atoms with van der Waals surface area (Å²) in [6.07, 6.45) is 15.8. The van der Waals surface area contributed by atoms with Crippen molar-refractivity contribution in [3.8, 4) is 44.5 Å². The molecule has 0 aliphatic heterocycles. The third kappa shape index (κ3) is 15.7. The molecular formula is C134H108Br10. The smallest absolute Gasteiger partial charge is 0.0260 e. The van der Waals surface area contributed by atoms with Crippen LogP contribution in [0.3, 0.4) is 0 Å². The van der Waals surface area contributed by atoms with E-state index >= 15 is 0 Å². The zero-order valence-electron chi connectivity index (χ0n) is 83.0. The third-order valence-electron chi connectivity index (χ3n) is 33.6. The Morgan fingerprint density at radius 2 is 0.479 bits per heavy atom. The van der Waals surface area contributed by atoms with E-state index in [1.165, 1.54) is 362 Å². The first-order valence-corrected chi connectivity index (χ1v) is 59.3. The van der Waals surface area contributed by atoms with Gasteiger partial charge in [-0.3, -0.25) is 0 Å². The van der Waals surface area contributed by atoms with Gasteiger partial charge in [0.1, 0.15) is 0 Å². The lowest BCUT2D eigenvalue weighted by atomic mass is 9.78. The van der Waals surface area contributed by atoms with Crippen molar-refractivity contribution in [2.75, 3.05) is 0 Å². The van der Waals surface area contributed by atoms with Crippen molar-refractivity contribution in [3.05, 3.63) is 378 Å². The van der Waals surface area contributed by atoms with Crippen molar-refractivity contribution < 1.29 is 0 Å². The molecule has 4 aliphatic carbocycles. The highest BCUT2D eigenvalue weighted by Crippen LogP contribution is 2.58. The van der Waals surface area contributed by atoms with Gasteiger partial charge in [0.25, 0.3) is 0 Å². The van der Waals surface area contributed by atoms with Gasteiger partial charge in [-0.15, -0.1) is 0 Å². The largest absolute Gasteiger partial charge is 0.0619 e. The van der Waals surface area contributed by atoms with Crippen LogP contribution >= 0.6 is 159 Å². The summed E-state index contributed by atoms with van der Waals surface area (Å²) >= 11 is 38.6. The molecule has 144 heavy (non-hydrogen) atoms. The predicted molar refractivity (Wildman–Crippen MR) is 662 cm³/mol. The number of aryl methyl sites for hydroxylation is 4. The normalized spacial score (nSPS) is 14.7. The van der Waals surface area contributed by atoms with Gasteiger partial charge in [0.05, 0.1) is 0 Å². The fourth-order valence-electron chi connectivity index (χ4n) is 26.4. The van der Waals surface area contributed by atoms with Crippen LogP contribution in [0, 0.1) is 13.8 Å². The van der Waals surface area contributed by atoms with E-state index < -0.39 is 0 Å². The predicted octanol–water partition coefficient (Wildman–Crippen LogP) is 46.6. The Morgan fingerprint density at radius 3 is 0.819 bits per heavy atom. The van der Waals surface area contributed by atoms with Crippen LogP contribution < -0.4 is 0 Å². The number of rotatable bonds is 8. The summed E-state index contributed by atoms with van der Waals surface area (Å²) in [4.78, 5) is 0. The van der Waals surface area contributed by atoms with E-state index in [0.717, 1.165) is 21.8 Å². The highest BCUT2D eigenvalue weighted by atomic mass is 79.9. The molecule has 0 radical (unpaired) electrons. The van der Waals surface area contributed by atoms with E-state index in [1.54, 1.807) is 11.1 Å². The molecule has 0 spiro atoms. The quantitative estimate of drug-likeness (QED) is 0.133. The number of hydrogen-bond acceptors (Lipinski definition) is 0. The van der Waals surface area contributed by atoms with Crippen LogP contribution in [-0.4, -0.2) is 0 Å². The molecule has 10 heteroatoms. The Labute approximate surface area is 928 Å². The maximum absolute atomic E-state index is 4.03. The molecule has 4 aliphatic rings. The Morgan fingerprint density at radius 1 is 0.229 bits per heavy atom. The van der Waals surface area contributed by atoms with Crippen LogP contribution in [0.5, 0.6) is 0 Å². The minimum atomic E-state index is -0.0471. The second kappa shape index (κ2) is 37.8. The first-order valence-electron chi connectivity index (χ1n) is 51.4. The Balaban J connectivity index is 0.000000101. The van der Waals surface area contributed by atoms with Gasteiger partial charge < -0.3 is 0 Å². The van der Waals surface area contributed by atoms with Gasteiger partial charge in [0.15, 0.2) is 0 Å². The molecule has 0 aromatic heterocycles. The van der Waals surface area contributed by atoms with Crippen LogP contribution in [0.2, 0.25) is 0 Å². The van der Waals surface area contributed by atoms with Gasteiger partial charge in [0.2, 0.25) is 0 Å². The summed E-state index contributed by atoms with van der Waals surface area (Å²) in [5.74, 6) is 2.42. The molecule has 0 atom stereocenters. The first kappa shape index (κ1) is 97.4. The monoisotopic (exact) mass is 2510 g/mol. The average molecular weight is 2520 g/mol. The fraction of sp³-hybridized carbons (Fsp3) is 0.224. The highest BCUT2D eigenvalue weighted by molar-refractivity contribution is 9.12. The van der Waals surface area contributed by atoms with Crippen molar-refractivity contribution in [3.63, 3.8) is 0 Å². The van der Waals surface area contributed by atoms with Gasteiger partial charge in [-0.1, -0.05) is 461 Å². The summed E-state index contributed by atoms with van der Waals surface area (Å²) in [5.41, 5.74) is 27.4. The van der Waals surface area contributed by atoms with Crippen molar-refractivity contribution in [1.82, 2.24) is 0 Å². The molecule has 0 saturated heterocycles. The minimum absolute atomic E-state index is 0.0471. The lowest BCUT2D eigenvalue weighted by molar-refractivity contribution is 0.445. The van der Waals surface area contributed by atoms with Crippen LogP contribution in [0.15, 0.2) is 312 Å². The number of fused-ring (bicyclic) bond motifs is 6. The fourth-order valence-corrected chi connectivity index (χ4v) is 32.4. The van der Waals surface area contributed by atoms with Gasteiger partial charge in [-0.25, -0.2) is 0 Å². The molecule has 0 unspecified atom stereocenters. The lowest BCUT2D eigenvalue weighted by Gasteiger charge is -2.27. The van der Waals surface area contributed by atoms with E-state index in [9.17, 15) is 0 Å². The number of benzene rings is 24. The van der Waals surface area contributed by atoms with Crippen LogP contribution in [0.4, 0.5) is 0 Å². The molecule has 0 N–H and O–H groups in total. The molecule has 28 rings (SSSR count). The maximum atomic E-state index is 4.03. The van der Waals surface area contributed by atoms with E-state index in [0.29, 0.717) is 23.7 Å². The second-order valence-electron chi connectivity index (χ2n) is 42.9. The van der Waals surface area contributed by atoms with Gasteiger partial charge in [0, 0.05) is 55.6 Å². The Hall–Kier alpha value is -8.72. The van der Waals surface area contributed by atoms with Gasteiger partial charge in [-0.2, -0.15) is 0 Å². The topological polar surface area (TPSA) is 0 Å². The minimum Gasteiger partial charge on any atom is -0.0619 e. The molecule has 0 heterocycles. The Kier molecular flexibility index (Phi) is 25.5. The zero-order chi connectivity index (χ0) is 99.5. The number of halogens is 10. The molecule has 0 nitrogen and oxygen atoms in total. The highest BCUT2D eigenvalue weighted by Gasteiger charge is 2.39. The SMILES string of the molecule is Brc1cc(C2CCCCC2)c2ccc3c(Br)cc(C4CCCCC4)c4ccc1c2c34.CC(C)c1cc(Br)c2ccc3c(C(C)C)cc(Br)c4ccc1c2c43.CC1(C)c2ccccc2-c2ccc(-c3cc(Br)c4ccc5c(-c6ccc7c(c6)C(C)(C)c6ccccc6-7)cc(Br)c6ccc3c4c65)cc21.CCc1cc(Br)c2ccc3c(CC)cc(Br)c4ccc1c2c43.Cc1cc(Br)c2ccc3c(C)cc(Br)c4ccc1c2c34. The second-order valence-corrected chi connectivity index (χ2v) is 51.4. The lowest BCUT2D eigenvalue weighted by Crippen LogP contribution is -2.14. The van der Waals surface area contributed by atoms with Crippen LogP contribution in [-0.2, 0) is 23.7 Å². The van der Waals surface area contributed by atoms with Crippen LogP contribution in [0.25, 0.3) is 206 Å². The molecule has 2 saturated carbocycles. The third-order valence-corrected chi connectivity index (χ3v) is 40.1. The standard InChI is InChI=1S/C46H32Br2.C28H28Br2.C22H20Br2.C20H16Br2.C18H12Br2/c1-45(2)37-11-7-5-9-27(37)29-15-13-25(21-39(29)45)35-23-41(47)33-20-18-32-36(24-42(48)34-19-17-31(35)43(33)44(32)34)26-14-16-30-28-10-6-8-12-38(28)46(3,4)40(30)22-26;29-25-15-23(17-7-3-1-4-8-17)19-11-13-22-26(30)16-24(18-9-5-2-6-10-18)20-12-14-21(25)27(19)28(20)22;1-11(2)17-9-19(23)15-8-6-14-18(12(3)4)10-20(24)16-7-5-13(17)21(15)22(14)16;1-3-11-9-17(21)15-8-6-14-12(4-2)10-18(22)16-7-5-13(11)19(15)20(14)16;1-9-7-15(19)13-6-4-12-10(2)8-16(20)14-5-3-11(9)17(13)18(12)14/h5-24H,1-4H3;11-18H,1-10H2;5-12H,1-4H3;5-10H,3-4H2,1-2H3;3-8H,1-2H3. The van der Waals surface area contributed by atoms with E-state index in [-0.39, 0.29) is 10.8 Å². The molecule has 24 aromatic carbocycles. The molecule has 714 valence electrons. The summed E-state index contributed by atoms with van der Waals surface area (Å²) in [5, 5.41) is 40.8. The van der Waals surface area contributed by atoms with Crippen molar-refractivity contribution in [2.45, 2.75) is 195 Å².